The molecule has 11 nitrogen and oxygen atoms in total. The average molecular weight is 490 g/mol. The Bertz CT molecular complexity index is 690. The lowest BCUT2D eigenvalue weighted by atomic mass is 9.97. The van der Waals surface area contributed by atoms with Gasteiger partial charge in [-0.05, 0) is 36.7 Å². The molecule has 33 heavy (non-hydrogen) atoms. The van der Waals surface area contributed by atoms with Gasteiger partial charge in [-0.1, -0.05) is 34.1 Å². The van der Waals surface area contributed by atoms with E-state index in [1.165, 1.54) is 11.8 Å². The molecule has 0 radical (unpaired) electrons. The fourth-order valence-electron chi connectivity index (χ4n) is 2.98. The van der Waals surface area contributed by atoms with Crippen LogP contribution in [-0.4, -0.2) is 70.9 Å². The van der Waals surface area contributed by atoms with E-state index in [1.807, 2.05) is 20.1 Å². The van der Waals surface area contributed by atoms with Gasteiger partial charge in [0, 0.05) is 0 Å². The van der Waals surface area contributed by atoms with Gasteiger partial charge in [-0.2, -0.15) is 11.8 Å². The van der Waals surface area contributed by atoms with Crippen LogP contribution in [0, 0.1) is 11.8 Å². The second kappa shape index (κ2) is 15.5. The first-order chi connectivity index (χ1) is 15.3. The Labute approximate surface area is 199 Å². The van der Waals surface area contributed by atoms with Crippen LogP contribution in [-0.2, 0) is 24.0 Å². The average Bonchev–Trinajstić information content (AvgIpc) is 2.72. The number of carboxylic acids is 1. The first-order valence-corrected chi connectivity index (χ1v) is 12.4. The highest BCUT2D eigenvalue weighted by Crippen LogP contribution is 2.11. The van der Waals surface area contributed by atoms with Crippen molar-refractivity contribution in [1.82, 2.24) is 16.0 Å². The molecule has 190 valence electrons. The second-order valence-corrected chi connectivity index (χ2v) is 9.51. The minimum absolute atomic E-state index is 0.0166. The van der Waals surface area contributed by atoms with Crippen molar-refractivity contribution in [3.05, 3.63) is 0 Å². The van der Waals surface area contributed by atoms with Gasteiger partial charge in [0.1, 0.15) is 18.1 Å². The molecule has 0 aliphatic carbocycles. The molecule has 0 aliphatic rings. The molecule has 0 aromatic rings. The summed E-state index contributed by atoms with van der Waals surface area (Å²) in [5, 5.41) is 16.9. The van der Waals surface area contributed by atoms with Gasteiger partial charge in [-0.15, -0.1) is 0 Å². The molecule has 0 spiro atoms. The molecule has 0 aromatic carbocycles. The van der Waals surface area contributed by atoms with E-state index < -0.39 is 60.2 Å². The van der Waals surface area contributed by atoms with Crippen molar-refractivity contribution < 1.29 is 29.1 Å². The zero-order chi connectivity index (χ0) is 25.7. The van der Waals surface area contributed by atoms with Gasteiger partial charge in [0.25, 0.3) is 0 Å². The lowest BCUT2D eigenvalue weighted by molar-refractivity contribution is -0.144. The second-order valence-electron chi connectivity index (χ2n) is 8.52. The van der Waals surface area contributed by atoms with Crippen LogP contribution in [0.2, 0.25) is 0 Å². The Morgan fingerprint density at radius 3 is 1.94 bits per heavy atom. The summed E-state index contributed by atoms with van der Waals surface area (Å²) < 4.78 is 0. The van der Waals surface area contributed by atoms with Gasteiger partial charge < -0.3 is 32.5 Å². The van der Waals surface area contributed by atoms with Gasteiger partial charge in [-0.3, -0.25) is 19.2 Å². The number of primary amides is 1. The highest BCUT2D eigenvalue weighted by atomic mass is 32.2. The van der Waals surface area contributed by atoms with Crippen molar-refractivity contribution >= 4 is 41.4 Å². The van der Waals surface area contributed by atoms with Crippen LogP contribution in [0.3, 0.4) is 0 Å². The van der Waals surface area contributed by atoms with E-state index in [9.17, 15) is 29.1 Å². The molecule has 0 saturated heterocycles. The van der Waals surface area contributed by atoms with Crippen LogP contribution in [0.5, 0.6) is 0 Å². The summed E-state index contributed by atoms with van der Waals surface area (Å²) in [5.41, 5.74) is 11.1. The molecule has 0 aromatic heterocycles. The maximum absolute atomic E-state index is 12.9. The Balaban J connectivity index is 5.52. The summed E-state index contributed by atoms with van der Waals surface area (Å²) in [6.45, 7) is 7.18. The van der Waals surface area contributed by atoms with E-state index in [1.54, 1.807) is 13.8 Å². The van der Waals surface area contributed by atoms with E-state index in [2.05, 4.69) is 16.0 Å². The van der Waals surface area contributed by atoms with E-state index in [0.29, 0.717) is 18.6 Å². The lowest BCUT2D eigenvalue weighted by Crippen LogP contribution is -2.58. The minimum Gasteiger partial charge on any atom is -0.480 e. The molecule has 5 unspecified atom stereocenters. The monoisotopic (exact) mass is 489 g/mol. The van der Waals surface area contributed by atoms with Gasteiger partial charge in [0.2, 0.25) is 23.6 Å². The predicted molar refractivity (Wildman–Crippen MR) is 127 cm³/mol. The van der Waals surface area contributed by atoms with Crippen LogP contribution < -0.4 is 27.4 Å². The quantitative estimate of drug-likeness (QED) is 0.168. The Kier molecular flexibility index (Phi) is 14.4. The van der Waals surface area contributed by atoms with E-state index in [0.717, 1.165) is 0 Å². The molecular weight excluding hydrogens is 450 g/mol. The summed E-state index contributed by atoms with van der Waals surface area (Å²) in [6.07, 6.45) is 2.51. The number of nitrogens with two attached hydrogens (primary N) is 2. The molecule has 4 amide bonds. The molecule has 5 atom stereocenters. The summed E-state index contributed by atoms with van der Waals surface area (Å²) in [4.78, 5) is 61.1. The Morgan fingerprint density at radius 1 is 0.939 bits per heavy atom. The van der Waals surface area contributed by atoms with E-state index >= 15 is 0 Å². The summed E-state index contributed by atoms with van der Waals surface area (Å²) >= 11 is 1.51. The van der Waals surface area contributed by atoms with Crippen molar-refractivity contribution in [3.8, 4) is 0 Å². The van der Waals surface area contributed by atoms with Crippen molar-refractivity contribution in [1.29, 1.82) is 0 Å². The van der Waals surface area contributed by atoms with E-state index in [4.69, 9.17) is 11.5 Å². The largest absolute Gasteiger partial charge is 0.480 e. The molecular formula is C21H39N5O6S. The predicted octanol–water partition coefficient (Wildman–Crippen LogP) is -0.427. The fraction of sp³-hybridized carbons (Fsp3) is 0.762. The van der Waals surface area contributed by atoms with Crippen molar-refractivity contribution in [2.45, 2.75) is 77.5 Å². The highest BCUT2D eigenvalue weighted by Gasteiger charge is 2.32. The number of carboxylic acid groups (broad SMARTS) is 1. The molecule has 0 rings (SSSR count). The van der Waals surface area contributed by atoms with Gasteiger partial charge in [0.15, 0.2) is 0 Å². The zero-order valence-corrected chi connectivity index (χ0v) is 20.9. The van der Waals surface area contributed by atoms with Crippen LogP contribution in [0.25, 0.3) is 0 Å². The first kappa shape index (κ1) is 30.7. The molecule has 8 N–H and O–H groups in total. The third-order valence-corrected chi connectivity index (χ3v) is 5.77. The van der Waals surface area contributed by atoms with Crippen molar-refractivity contribution in [2.24, 2.45) is 23.3 Å². The Morgan fingerprint density at radius 2 is 1.48 bits per heavy atom. The maximum Gasteiger partial charge on any atom is 0.326 e. The van der Waals surface area contributed by atoms with Crippen LogP contribution in [0.4, 0.5) is 0 Å². The van der Waals surface area contributed by atoms with Crippen molar-refractivity contribution in [3.63, 3.8) is 0 Å². The van der Waals surface area contributed by atoms with Gasteiger partial charge >= 0.3 is 5.97 Å². The maximum atomic E-state index is 12.9. The SMILES string of the molecule is CCC(C)C(NC(=O)C(CC(C)C)NC(=O)C(CC(N)=O)NC(=O)C(N)CCSC)C(=O)O. The number of thioether (sulfide) groups is 1. The highest BCUT2D eigenvalue weighted by molar-refractivity contribution is 7.98. The summed E-state index contributed by atoms with van der Waals surface area (Å²) in [7, 11) is 0. The molecule has 0 bridgehead atoms. The zero-order valence-electron chi connectivity index (χ0n) is 20.1. The number of amides is 4. The minimum atomic E-state index is -1.32. The number of rotatable bonds is 16. The Hall–Kier alpha value is -2.34. The number of nitrogens with one attached hydrogen (secondary N) is 3. The van der Waals surface area contributed by atoms with Crippen molar-refractivity contribution in [2.75, 3.05) is 12.0 Å². The number of hydrogen-bond donors (Lipinski definition) is 6. The molecule has 0 fully saturated rings. The lowest BCUT2D eigenvalue weighted by Gasteiger charge is -2.27. The molecule has 0 saturated carbocycles. The van der Waals surface area contributed by atoms with E-state index in [-0.39, 0.29) is 18.3 Å². The van der Waals surface area contributed by atoms with Crippen LogP contribution >= 0.6 is 11.8 Å². The molecule has 0 aliphatic heterocycles. The summed E-state index contributed by atoms with van der Waals surface area (Å²) in [5.74, 6) is -3.76. The number of carbonyl (C=O) groups excluding carboxylic acids is 4. The normalized spacial score (nSPS) is 15.6. The molecule has 12 heteroatoms. The fourth-order valence-corrected chi connectivity index (χ4v) is 3.47. The number of hydrogen-bond acceptors (Lipinski definition) is 7. The van der Waals surface area contributed by atoms with Gasteiger partial charge in [0.05, 0.1) is 12.5 Å². The first-order valence-electron chi connectivity index (χ1n) is 11.0. The van der Waals surface area contributed by atoms with Crippen LogP contribution in [0.15, 0.2) is 0 Å². The third-order valence-electron chi connectivity index (χ3n) is 5.12. The standard InChI is InChI=1S/C21H39N5O6S/c1-6-12(4)17(21(31)32)26-20(30)14(9-11(2)3)25-19(29)15(10-16(23)27)24-18(28)13(22)7-8-33-5/h11-15,17H,6-10,22H2,1-5H3,(H2,23,27)(H,24,28)(H,25,29)(H,26,30)(H,31,32). The van der Waals surface area contributed by atoms with Crippen LogP contribution in [0.1, 0.15) is 53.4 Å². The van der Waals surface area contributed by atoms with Gasteiger partial charge in [-0.25, -0.2) is 4.79 Å². The summed E-state index contributed by atoms with van der Waals surface area (Å²) in [6, 6.07) is -4.38. The third kappa shape index (κ3) is 11.9. The number of aliphatic carboxylic acids is 1. The topological polar surface area (TPSA) is 194 Å². The smallest absolute Gasteiger partial charge is 0.326 e. The molecule has 0 heterocycles. The number of carbonyl (C=O) groups is 5.